The molecule has 1 atom stereocenters. The summed E-state index contributed by atoms with van der Waals surface area (Å²) >= 11 is 11.8. The molecule has 116 valence electrons. The zero-order chi connectivity index (χ0) is 16.1. The van der Waals surface area contributed by atoms with Crippen LogP contribution in [0.2, 0.25) is 10.0 Å². The quantitative estimate of drug-likeness (QED) is 0.863. The minimum Gasteiger partial charge on any atom is -0.482 e. The van der Waals surface area contributed by atoms with E-state index in [0.29, 0.717) is 27.0 Å². The standard InChI is InChI=1S/C16H15Cl2NO3/c1-10(20)12-4-2-3-5-14(12)19-16(21)9-22-15-8-11(17)6-7-13(15)18/h2-8,10,20H,9H2,1H3,(H,19,21). The number of carbonyl (C=O) groups is 1. The van der Waals surface area contributed by atoms with Gasteiger partial charge in [-0.3, -0.25) is 4.79 Å². The van der Waals surface area contributed by atoms with Crippen LogP contribution in [0.25, 0.3) is 0 Å². The molecular weight excluding hydrogens is 325 g/mol. The lowest BCUT2D eigenvalue weighted by Crippen LogP contribution is -2.21. The summed E-state index contributed by atoms with van der Waals surface area (Å²) in [5, 5.41) is 13.2. The number of benzene rings is 2. The van der Waals surface area contributed by atoms with Crippen molar-refractivity contribution in [2.45, 2.75) is 13.0 Å². The molecule has 1 amide bonds. The van der Waals surface area contributed by atoms with E-state index < -0.39 is 6.10 Å². The van der Waals surface area contributed by atoms with Crippen LogP contribution < -0.4 is 10.1 Å². The van der Waals surface area contributed by atoms with Gasteiger partial charge in [-0.05, 0) is 25.1 Å². The zero-order valence-electron chi connectivity index (χ0n) is 11.8. The summed E-state index contributed by atoms with van der Waals surface area (Å²) in [5.74, 6) is -0.0164. The highest BCUT2D eigenvalue weighted by atomic mass is 35.5. The molecule has 2 aromatic rings. The van der Waals surface area contributed by atoms with E-state index in [2.05, 4.69) is 5.32 Å². The maximum Gasteiger partial charge on any atom is 0.262 e. The van der Waals surface area contributed by atoms with E-state index in [1.807, 2.05) is 0 Å². The van der Waals surface area contributed by atoms with E-state index in [1.165, 1.54) is 0 Å². The number of amides is 1. The molecule has 0 aliphatic heterocycles. The number of ether oxygens (including phenoxy) is 1. The molecule has 2 aromatic carbocycles. The summed E-state index contributed by atoms with van der Waals surface area (Å²) in [6.07, 6.45) is -0.681. The van der Waals surface area contributed by atoms with Gasteiger partial charge in [-0.1, -0.05) is 41.4 Å². The molecule has 0 saturated heterocycles. The van der Waals surface area contributed by atoms with Gasteiger partial charge in [0.2, 0.25) is 0 Å². The van der Waals surface area contributed by atoms with Crippen LogP contribution in [0.1, 0.15) is 18.6 Å². The number of aliphatic hydroxyl groups is 1. The summed E-state index contributed by atoms with van der Waals surface area (Å²) in [5.41, 5.74) is 1.18. The molecule has 0 saturated carbocycles. The Morgan fingerprint density at radius 3 is 2.73 bits per heavy atom. The molecular formula is C16H15Cl2NO3. The van der Waals surface area contributed by atoms with Crippen molar-refractivity contribution in [2.75, 3.05) is 11.9 Å². The van der Waals surface area contributed by atoms with Gasteiger partial charge in [0.25, 0.3) is 5.91 Å². The van der Waals surface area contributed by atoms with Gasteiger partial charge in [-0.25, -0.2) is 0 Å². The molecule has 6 heteroatoms. The highest BCUT2D eigenvalue weighted by Crippen LogP contribution is 2.27. The molecule has 0 aliphatic rings. The molecule has 4 nitrogen and oxygen atoms in total. The lowest BCUT2D eigenvalue weighted by molar-refractivity contribution is -0.118. The minimum absolute atomic E-state index is 0.214. The van der Waals surface area contributed by atoms with Crippen molar-refractivity contribution in [3.05, 3.63) is 58.1 Å². The van der Waals surface area contributed by atoms with E-state index in [1.54, 1.807) is 49.4 Å². The van der Waals surface area contributed by atoms with E-state index in [9.17, 15) is 9.90 Å². The Balaban J connectivity index is 2.01. The second-order valence-corrected chi connectivity index (χ2v) is 5.52. The predicted octanol–water partition coefficient (Wildman–Crippen LogP) is 4.06. The fraction of sp³-hybridized carbons (Fsp3) is 0.188. The first-order valence-electron chi connectivity index (χ1n) is 6.62. The highest BCUT2D eigenvalue weighted by molar-refractivity contribution is 6.34. The highest BCUT2D eigenvalue weighted by Gasteiger charge is 2.11. The number of rotatable bonds is 5. The number of nitrogens with one attached hydrogen (secondary N) is 1. The Bertz CT molecular complexity index is 674. The van der Waals surface area contributed by atoms with Gasteiger partial charge >= 0.3 is 0 Å². The number of halogens is 2. The summed E-state index contributed by atoms with van der Waals surface area (Å²) in [7, 11) is 0. The van der Waals surface area contributed by atoms with Crippen LogP contribution in [0.15, 0.2) is 42.5 Å². The van der Waals surface area contributed by atoms with Gasteiger partial charge < -0.3 is 15.2 Å². The van der Waals surface area contributed by atoms with Crippen molar-refractivity contribution < 1.29 is 14.6 Å². The van der Waals surface area contributed by atoms with Crippen LogP contribution in [-0.4, -0.2) is 17.6 Å². The number of aliphatic hydroxyl groups excluding tert-OH is 1. The lowest BCUT2D eigenvalue weighted by atomic mass is 10.1. The van der Waals surface area contributed by atoms with E-state index >= 15 is 0 Å². The SMILES string of the molecule is CC(O)c1ccccc1NC(=O)COc1cc(Cl)ccc1Cl. The topological polar surface area (TPSA) is 58.6 Å². The first-order chi connectivity index (χ1) is 10.5. The third-order valence-electron chi connectivity index (χ3n) is 2.94. The average molecular weight is 340 g/mol. The van der Waals surface area contributed by atoms with Crippen molar-refractivity contribution in [1.82, 2.24) is 0 Å². The molecule has 0 bridgehead atoms. The normalized spacial score (nSPS) is 11.8. The fourth-order valence-electron chi connectivity index (χ4n) is 1.89. The molecule has 1 unspecified atom stereocenters. The van der Waals surface area contributed by atoms with Gasteiger partial charge in [-0.15, -0.1) is 0 Å². The first kappa shape index (κ1) is 16.6. The van der Waals surface area contributed by atoms with Gasteiger partial charge in [0.05, 0.1) is 11.1 Å². The number of anilines is 1. The van der Waals surface area contributed by atoms with Gasteiger partial charge in [0.1, 0.15) is 5.75 Å². The van der Waals surface area contributed by atoms with Crippen molar-refractivity contribution in [3.63, 3.8) is 0 Å². The second-order valence-electron chi connectivity index (χ2n) is 4.67. The van der Waals surface area contributed by atoms with E-state index in [0.717, 1.165) is 0 Å². The zero-order valence-corrected chi connectivity index (χ0v) is 13.4. The Morgan fingerprint density at radius 1 is 1.27 bits per heavy atom. The van der Waals surface area contributed by atoms with Gasteiger partial charge in [-0.2, -0.15) is 0 Å². The second kappa shape index (κ2) is 7.49. The smallest absolute Gasteiger partial charge is 0.262 e. The lowest BCUT2D eigenvalue weighted by Gasteiger charge is -2.13. The van der Waals surface area contributed by atoms with Crippen LogP contribution in [0, 0.1) is 0 Å². The molecule has 22 heavy (non-hydrogen) atoms. The number of carbonyl (C=O) groups excluding carboxylic acids is 1. The maximum absolute atomic E-state index is 12.0. The third kappa shape index (κ3) is 4.37. The Morgan fingerprint density at radius 2 is 2.00 bits per heavy atom. The minimum atomic E-state index is -0.681. The molecule has 0 heterocycles. The Hall–Kier alpha value is -1.75. The summed E-state index contributed by atoms with van der Waals surface area (Å²) < 4.78 is 5.36. The number of hydrogen-bond acceptors (Lipinski definition) is 3. The van der Waals surface area contributed by atoms with Crippen molar-refractivity contribution in [3.8, 4) is 5.75 Å². The van der Waals surface area contributed by atoms with Crippen molar-refractivity contribution in [2.24, 2.45) is 0 Å². The maximum atomic E-state index is 12.0. The van der Waals surface area contributed by atoms with E-state index in [-0.39, 0.29) is 12.5 Å². The van der Waals surface area contributed by atoms with Crippen LogP contribution in [0.5, 0.6) is 5.75 Å². The number of hydrogen-bond donors (Lipinski definition) is 2. The van der Waals surface area contributed by atoms with Crippen LogP contribution in [0.3, 0.4) is 0 Å². The Kier molecular flexibility index (Phi) is 5.66. The monoisotopic (exact) mass is 339 g/mol. The molecule has 2 rings (SSSR count). The molecule has 0 aromatic heterocycles. The third-order valence-corrected chi connectivity index (χ3v) is 3.48. The summed E-state index contributed by atoms with van der Waals surface area (Å²) in [6, 6.07) is 11.8. The van der Waals surface area contributed by atoms with Crippen LogP contribution in [-0.2, 0) is 4.79 Å². The fourth-order valence-corrected chi connectivity index (χ4v) is 2.23. The molecule has 2 N–H and O–H groups in total. The average Bonchev–Trinajstić information content (AvgIpc) is 2.48. The van der Waals surface area contributed by atoms with E-state index in [4.69, 9.17) is 27.9 Å². The summed E-state index contributed by atoms with van der Waals surface area (Å²) in [6.45, 7) is 1.42. The summed E-state index contributed by atoms with van der Waals surface area (Å²) in [4.78, 5) is 12.0. The Labute approximate surface area is 138 Å². The predicted molar refractivity (Wildman–Crippen MR) is 87.7 cm³/mol. The number of para-hydroxylation sites is 1. The van der Waals surface area contributed by atoms with Gasteiger partial charge in [0.15, 0.2) is 6.61 Å². The molecule has 0 spiro atoms. The molecule has 0 aliphatic carbocycles. The van der Waals surface area contributed by atoms with Crippen molar-refractivity contribution in [1.29, 1.82) is 0 Å². The largest absolute Gasteiger partial charge is 0.482 e. The first-order valence-corrected chi connectivity index (χ1v) is 7.37. The van der Waals surface area contributed by atoms with Gasteiger partial charge in [0, 0.05) is 22.3 Å². The van der Waals surface area contributed by atoms with Crippen molar-refractivity contribution >= 4 is 34.8 Å². The van der Waals surface area contributed by atoms with Crippen LogP contribution in [0.4, 0.5) is 5.69 Å². The van der Waals surface area contributed by atoms with Crippen LogP contribution >= 0.6 is 23.2 Å². The molecule has 0 fully saturated rings. The molecule has 0 radical (unpaired) electrons.